The van der Waals surface area contributed by atoms with Crippen molar-refractivity contribution in [1.82, 2.24) is 0 Å². The molecular weight excluding hydrogens is 239 g/mol. The summed E-state index contributed by atoms with van der Waals surface area (Å²) in [7, 11) is 0. The average molecular weight is 243 g/mol. The Morgan fingerprint density at radius 1 is 1.46 bits per heavy atom. The summed E-state index contributed by atoms with van der Waals surface area (Å²) in [5, 5.41) is 0.586. The van der Waals surface area contributed by atoms with Crippen LogP contribution >= 0.6 is 15.9 Å². The summed E-state index contributed by atoms with van der Waals surface area (Å²) in [5.41, 5.74) is 0.108. The molecule has 0 saturated heterocycles. The number of aldehydes is 1. The van der Waals surface area contributed by atoms with Gasteiger partial charge in [-0.2, -0.15) is 0 Å². The number of hydrogen-bond acceptors (Lipinski definition) is 2. The van der Waals surface area contributed by atoms with Gasteiger partial charge in [0.2, 0.25) is 0 Å². The van der Waals surface area contributed by atoms with Crippen molar-refractivity contribution in [1.29, 1.82) is 0 Å². The van der Waals surface area contributed by atoms with Gasteiger partial charge in [0.05, 0.1) is 4.47 Å². The van der Waals surface area contributed by atoms with Gasteiger partial charge in [-0.15, -0.1) is 0 Å². The molecule has 13 heavy (non-hydrogen) atoms. The first kappa shape index (κ1) is 8.44. The Morgan fingerprint density at radius 2 is 2.23 bits per heavy atom. The highest BCUT2D eigenvalue weighted by Gasteiger charge is 2.10. The Hall–Kier alpha value is -1.16. The standard InChI is InChI=1S/C9H4BrFO2/c10-7-2-1-5-3-6(4-12)13-9(5)8(7)11/h1-4H. The van der Waals surface area contributed by atoms with Crippen molar-refractivity contribution in [3.63, 3.8) is 0 Å². The molecular formula is C9H4BrFO2. The topological polar surface area (TPSA) is 30.2 Å². The van der Waals surface area contributed by atoms with Crippen molar-refractivity contribution in [3.05, 3.63) is 34.2 Å². The van der Waals surface area contributed by atoms with E-state index in [2.05, 4.69) is 15.9 Å². The molecule has 2 nitrogen and oxygen atoms in total. The molecule has 0 aliphatic rings. The lowest BCUT2D eigenvalue weighted by atomic mass is 10.2. The molecule has 0 aliphatic carbocycles. The first-order valence-corrected chi connectivity index (χ1v) is 4.34. The molecule has 0 radical (unpaired) electrons. The molecule has 0 unspecified atom stereocenters. The summed E-state index contributed by atoms with van der Waals surface area (Å²) in [6.07, 6.45) is 0.549. The van der Waals surface area contributed by atoms with Gasteiger partial charge in [-0.05, 0) is 34.1 Å². The quantitative estimate of drug-likeness (QED) is 0.720. The van der Waals surface area contributed by atoms with E-state index in [4.69, 9.17) is 4.42 Å². The average Bonchev–Trinajstić information content (AvgIpc) is 2.55. The van der Waals surface area contributed by atoms with Crippen LogP contribution in [0.1, 0.15) is 10.6 Å². The highest BCUT2D eigenvalue weighted by Crippen LogP contribution is 2.26. The van der Waals surface area contributed by atoms with Crippen LogP contribution in [0.5, 0.6) is 0 Å². The van der Waals surface area contributed by atoms with Crippen LogP contribution in [0.3, 0.4) is 0 Å². The van der Waals surface area contributed by atoms with Crippen LogP contribution in [0, 0.1) is 5.82 Å². The van der Waals surface area contributed by atoms with Crippen LogP contribution in [-0.2, 0) is 0 Å². The third kappa shape index (κ3) is 1.27. The predicted molar refractivity (Wildman–Crippen MR) is 49.3 cm³/mol. The lowest BCUT2D eigenvalue weighted by Gasteiger charge is -1.92. The maximum Gasteiger partial charge on any atom is 0.185 e. The van der Waals surface area contributed by atoms with Gasteiger partial charge in [0.1, 0.15) is 0 Å². The monoisotopic (exact) mass is 242 g/mol. The molecule has 0 spiro atoms. The molecule has 4 heteroatoms. The SMILES string of the molecule is O=Cc1cc2ccc(Br)c(F)c2o1. The molecule has 0 atom stereocenters. The van der Waals surface area contributed by atoms with E-state index >= 15 is 0 Å². The van der Waals surface area contributed by atoms with E-state index in [1.807, 2.05) is 0 Å². The van der Waals surface area contributed by atoms with Crippen LogP contribution in [0.2, 0.25) is 0 Å². The molecule has 0 aliphatic heterocycles. The van der Waals surface area contributed by atoms with Crippen molar-refractivity contribution >= 4 is 33.2 Å². The maximum atomic E-state index is 13.3. The molecule has 0 bridgehead atoms. The number of hydrogen-bond donors (Lipinski definition) is 0. The van der Waals surface area contributed by atoms with Crippen LogP contribution in [0.25, 0.3) is 11.0 Å². The smallest absolute Gasteiger partial charge is 0.185 e. The summed E-state index contributed by atoms with van der Waals surface area (Å²) >= 11 is 3.02. The predicted octanol–water partition coefficient (Wildman–Crippen LogP) is 3.15. The fraction of sp³-hybridized carbons (Fsp3) is 0. The van der Waals surface area contributed by atoms with Crippen molar-refractivity contribution < 1.29 is 13.6 Å². The molecule has 0 saturated carbocycles. The third-order valence-electron chi connectivity index (χ3n) is 1.71. The molecule has 0 fully saturated rings. The third-order valence-corrected chi connectivity index (χ3v) is 2.33. The number of furan rings is 1. The van der Waals surface area contributed by atoms with Crippen LogP contribution in [0.4, 0.5) is 4.39 Å². The lowest BCUT2D eigenvalue weighted by Crippen LogP contribution is -1.76. The second-order valence-electron chi connectivity index (χ2n) is 2.55. The Labute approximate surface area is 81.5 Å². The number of halogens is 2. The van der Waals surface area contributed by atoms with Crippen molar-refractivity contribution in [3.8, 4) is 0 Å². The van der Waals surface area contributed by atoms with Crippen LogP contribution in [0.15, 0.2) is 27.1 Å². The van der Waals surface area contributed by atoms with E-state index in [0.717, 1.165) is 0 Å². The Morgan fingerprint density at radius 3 is 2.92 bits per heavy atom. The van der Waals surface area contributed by atoms with E-state index in [-0.39, 0.29) is 11.3 Å². The van der Waals surface area contributed by atoms with Gasteiger partial charge in [-0.25, -0.2) is 4.39 Å². The van der Waals surface area contributed by atoms with E-state index in [0.29, 0.717) is 16.1 Å². The van der Waals surface area contributed by atoms with Gasteiger partial charge in [0, 0.05) is 5.39 Å². The number of carbonyl (C=O) groups excluding carboxylic acids is 1. The zero-order valence-corrected chi connectivity index (χ0v) is 7.97. The van der Waals surface area contributed by atoms with E-state index < -0.39 is 5.82 Å². The van der Waals surface area contributed by atoms with E-state index in [1.165, 1.54) is 6.07 Å². The van der Waals surface area contributed by atoms with Gasteiger partial charge in [-0.1, -0.05) is 0 Å². The van der Waals surface area contributed by atoms with Crippen molar-refractivity contribution in [2.75, 3.05) is 0 Å². The molecule has 0 N–H and O–H groups in total. The van der Waals surface area contributed by atoms with E-state index in [1.54, 1.807) is 12.1 Å². The van der Waals surface area contributed by atoms with Gasteiger partial charge < -0.3 is 4.42 Å². The summed E-state index contributed by atoms with van der Waals surface area (Å²) in [5.74, 6) is -0.349. The molecule has 0 amide bonds. The zero-order valence-electron chi connectivity index (χ0n) is 6.38. The number of benzene rings is 1. The highest BCUT2D eigenvalue weighted by atomic mass is 79.9. The first-order chi connectivity index (χ1) is 6.22. The second-order valence-corrected chi connectivity index (χ2v) is 3.40. The Kier molecular flexibility index (Phi) is 1.92. The van der Waals surface area contributed by atoms with Crippen LogP contribution in [-0.4, -0.2) is 6.29 Å². The fourth-order valence-corrected chi connectivity index (χ4v) is 1.44. The summed E-state index contributed by atoms with van der Waals surface area (Å²) in [6, 6.07) is 4.75. The second kappa shape index (κ2) is 2.96. The first-order valence-electron chi connectivity index (χ1n) is 3.55. The number of carbonyl (C=O) groups is 1. The summed E-state index contributed by atoms with van der Waals surface area (Å²) in [6.45, 7) is 0. The molecule has 1 aromatic carbocycles. The minimum absolute atomic E-state index is 0.108. The minimum atomic E-state index is -0.481. The maximum absolute atomic E-state index is 13.3. The normalized spacial score (nSPS) is 10.6. The molecule has 1 heterocycles. The highest BCUT2D eigenvalue weighted by molar-refractivity contribution is 9.10. The van der Waals surface area contributed by atoms with Gasteiger partial charge in [-0.3, -0.25) is 4.79 Å². The van der Waals surface area contributed by atoms with Gasteiger partial charge >= 0.3 is 0 Å². The molecule has 2 aromatic rings. The van der Waals surface area contributed by atoms with Gasteiger partial charge in [0.15, 0.2) is 23.4 Å². The largest absolute Gasteiger partial charge is 0.450 e. The molecule has 2 rings (SSSR count). The minimum Gasteiger partial charge on any atom is -0.450 e. The van der Waals surface area contributed by atoms with Crippen LogP contribution < -0.4 is 0 Å². The lowest BCUT2D eigenvalue weighted by molar-refractivity contribution is 0.110. The summed E-state index contributed by atoms with van der Waals surface area (Å²) < 4.78 is 18.6. The van der Waals surface area contributed by atoms with Crippen molar-refractivity contribution in [2.24, 2.45) is 0 Å². The molecule has 1 aromatic heterocycles. The Balaban J connectivity index is 2.83. The number of rotatable bonds is 1. The zero-order chi connectivity index (χ0) is 9.42. The summed E-state index contributed by atoms with van der Waals surface area (Å²) in [4.78, 5) is 10.3. The fourth-order valence-electron chi connectivity index (χ4n) is 1.12. The van der Waals surface area contributed by atoms with E-state index in [9.17, 15) is 9.18 Å². The number of fused-ring (bicyclic) bond motifs is 1. The van der Waals surface area contributed by atoms with Crippen molar-refractivity contribution in [2.45, 2.75) is 0 Å². The Bertz CT molecular complexity index is 476. The van der Waals surface area contributed by atoms with Gasteiger partial charge in [0.25, 0.3) is 0 Å². The molecule has 66 valence electrons.